The molecule has 220 valence electrons. The number of aryl methyl sites for hydroxylation is 1. The van der Waals surface area contributed by atoms with Crippen LogP contribution in [0.5, 0.6) is 5.75 Å². The lowest BCUT2D eigenvalue weighted by Crippen LogP contribution is -2.46. The largest absolute Gasteiger partial charge is 0.494 e. The van der Waals surface area contributed by atoms with Crippen LogP contribution in [0.15, 0.2) is 24.3 Å². The van der Waals surface area contributed by atoms with Gasteiger partial charge in [0, 0.05) is 18.7 Å². The molecular weight excluding hydrogens is 573 g/mol. The summed E-state index contributed by atoms with van der Waals surface area (Å²) >= 11 is 1.20. The summed E-state index contributed by atoms with van der Waals surface area (Å²) in [6.45, 7) is 5.15. The Bertz CT molecular complexity index is 1460. The number of benzene rings is 2. The van der Waals surface area contributed by atoms with Gasteiger partial charge >= 0.3 is 6.18 Å². The number of thiophene rings is 1. The summed E-state index contributed by atoms with van der Waals surface area (Å²) in [5.41, 5.74) is 3.24. The molecule has 2 aromatic carbocycles. The van der Waals surface area contributed by atoms with Crippen molar-refractivity contribution in [3.63, 3.8) is 0 Å². The van der Waals surface area contributed by atoms with Gasteiger partial charge in [-0.05, 0) is 55.0 Å². The number of alkyl halides is 4. The molecule has 0 aliphatic carbocycles. The quantitative estimate of drug-likeness (QED) is 0.156. The SMILES string of the molecule is CCc1cc(P=O)c(CC)c(OC)c1NCC#Cc1sc2c(NC3CCN(C)CC3F)cccc2c1CC(F)(F)F. The van der Waals surface area contributed by atoms with E-state index >= 15 is 0 Å². The standard InChI is InChI=1S/C30H34F4N3O2PS/c1-5-18-15-25(40-38)19(6-2)28(39-4)27(18)35-13-8-11-26-21(16-30(32,33)34)20-9-7-10-24(29(20)41-26)36-23-12-14-37(3)17-22(23)31/h7,9-10,15,22-23,35-36H,5-6,12-14,16-17H2,1-4H3. The van der Waals surface area contributed by atoms with Gasteiger partial charge in [-0.3, -0.25) is 4.57 Å². The van der Waals surface area contributed by atoms with Gasteiger partial charge in [-0.1, -0.05) is 37.8 Å². The maximum absolute atomic E-state index is 14.7. The monoisotopic (exact) mass is 607 g/mol. The minimum atomic E-state index is -4.41. The van der Waals surface area contributed by atoms with Crippen LogP contribution in [0, 0.1) is 11.8 Å². The summed E-state index contributed by atoms with van der Waals surface area (Å²) in [4.78, 5) is 2.27. The number of piperidine rings is 1. The Hall–Kier alpha value is -2.86. The van der Waals surface area contributed by atoms with E-state index in [-0.39, 0.29) is 20.6 Å². The second kappa shape index (κ2) is 13.4. The van der Waals surface area contributed by atoms with Crippen molar-refractivity contribution in [3.8, 4) is 17.6 Å². The van der Waals surface area contributed by atoms with Gasteiger partial charge in [-0.2, -0.15) is 13.2 Å². The summed E-state index contributed by atoms with van der Waals surface area (Å²) < 4.78 is 73.7. The third-order valence-electron chi connectivity index (χ3n) is 7.32. The first-order valence-electron chi connectivity index (χ1n) is 13.6. The van der Waals surface area contributed by atoms with Gasteiger partial charge < -0.3 is 20.3 Å². The molecule has 1 fully saturated rings. The van der Waals surface area contributed by atoms with Crippen LogP contribution < -0.4 is 20.7 Å². The molecule has 1 aliphatic rings. The molecule has 0 bridgehead atoms. The number of rotatable bonds is 9. The summed E-state index contributed by atoms with van der Waals surface area (Å²) in [7, 11) is 3.34. The Morgan fingerprint density at radius 2 is 2.00 bits per heavy atom. The minimum Gasteiger partial charge on any atom is -0.494 e. The molecule has 0 radical (unpaired) electrons. The first-order chi connectivity index (χ1) is 19.6. The van der Waals surface area contributed by atoms with Crippen molar-refractivity contribution in [1.82, 2.24) is 4.90 Å². The highest BCUT2D eigenvalue weighted by atomic mass is 32.1. The first-order valence-corrected chi connectivity index (χ1v) is 15.2. The van der Waals surface area contributed by atoms with E-state index in [0.29, 0.717) is 57.5 Å². The summed E-state index contributed by atoms with van der Waals surface area (Å²) in [6.07, 6.45) is -4.70. The Morgan fingerprint density at radius 1 is 1.22 bits per heavy atom. The van der Waals surface area contributed by atoms with Crippen molar-refractivity contribution >= 4 is 46.6 Å². The van der Waals surface area contributed by atoms with Crippen LogP contribution in [0.25, 0.3) is 10.1 Å². The van der Waals surface area contributed by atoms with E-state index in [9.17, 15) is 22.1 Å². The van der Waals surface area contributed by atoms with Crippen molar-refractivity contribution in [3.05, 3.63) is 45.8 Å². The van der Waals surface area contributed by atoms with Crippen LogP contribution in [-0.4, -0.2) is 57.1 Å². The number of anilines is 2. The molecule has 0 saturated carbocycles. The highest BCUT2D eigenvalue weighted by Gasteiger charge is 2.32. The number of ether oxygens (including phenoxy) is 1. The molecule has 41 heavy (non-hydrogen) atoms. The number of hydrogen-bond donors (Lipinski definition) is 2. The smallest absolute Gasteiger partial charge is 0.393 e. The van der Waals surface area contributed by atoms with Crippen LogP contribution in [0.3, 0.4) is 0 Å². The number of fused-ring (bicyclic) bond motifs is 1. The molecule has 0 amide bonds. The lowest BCUT2D eigenvalue weighted by Gasteiger charge is -2.33. The number of nitrogens with one attached hydrogen (secondary N) is 2. The Morgan fingerprint density at radius 3 is 2.63 bits per heavy atom. The molecule has 3 aromatic rings. The number of hydrogen-bond acceptors (Lipinski definition) is 6. The minimum absolute atomic E-state index is 0.0877. The molecule has 4 rings (SSSR count). The van der Waals surface area contributed by atoms with E-state index in [1.165, 1.54) is 11.3 Å². The molecule has 5 nitrogen and oxygen atoms in total. The van der Waals surface area contributed by atoms with E-state index in [1.807, 2.05) is 31.9 Å². The maximum atomic E-state index is 14.7. The van der Waals surface area contributed by atoms with Crippen LogP contribution >= 0.6 is 19.8 Å². The Labute approximate surface area is 243 Å². The lowest BCUT2D eigenvalue weighted by molar-refractivity contribution is -0.126. The highest BCUT2D eigenvalue weighted by Crippen LogP contribution is 2.40. The van der Waals surface area contributed by atoms with Gasteiger partial charge in [-0.15, -0.1) is 11.3 Å². The first kappa shape index (κ1) is 31.1. The normalized spacial score (nSPS) is 17.9. The van der Waals surface area contributed by atoms with Gasteiger partial charge in [-0.25, -0.2) is 4.39 Å². The van der Waals surface area contributed by atoms with Crippen molar-refractivity contribution in [2.24, 2.45) is 0 Å². The van der Waals surface area contributed by atoms with Crippen LogP contribution in [0.2, 0.25) is 0 Å². The zero-order chi connectivity index (χ0) is 29.7. The fourth-order valence-electron chi connectivity index (χ4n) is 5.30. The van der Waals surface area contributed by atoms with E-state index in [1.54, 1.807) is 25.3 Å². The van der Waals surface area contributed by atoms with Gasteiger partial charge in [0.15, 0.2) is 8.46 Å². The zero-order valence-corrected chi connectivity index (χ0v) is 25.3. The molecule has 2 atom stereocenters. The molecule has 1 aliphatic heterocycles. The molecular formula is C30H34F4N3O2PS. The van der Waals surface area contributed by atoms with Gasteiger partial charge in [0.25, 0.3) is 0 Å². The van der Waals surface area contributed by atoms with Gasteiger partial charge in [0.05, 0.1) is 52.4 Å². The molecule has 1 aromatic heterocycles. The fraction of sp³-hybridized carbons (Fsp3) is 0.467. The second-order valence-electron chi connectivity index (χ2n) is 10.1. The van der Waals surface area contributed by atoms with Crippen LogP contribution in [0.1, 0.15) is 41.8 Å². The average Bonchev–Trinajstić information content (AvgIpc) is 3.28. The van der Waals surface area contributed by atoms with Crippen molar-refractivity contribution in [2.45, 2.75) is 57.9 Å². The highest BCUT2D eigenvalue weighted by molar-refractivity contribution is 7.34. The van der Waals surface area contributed by atoms with Gasteiger partial charge in [0.2, 0.25) is 0 Å². The summed E-state index contributed by atoms with van der Waals surface area (Å²) in [5.74, 6) is 6.57. The van der Waals surface area contributed by atoms with E-state index in [4.69, 9.17) is 4.74 Å². The zero-order valence-electron chi connectivity index (χ0n) is 23.5. The van der Waals surface area contributed by atoms with E-state index < -0.39 is 24.8 Å². The maximum Gasteiger partial charge on any atom is 0.393 e. The van der Waals surface area contributed by atoms with Crippen LogP contribution in [-0.2, 0) is 23.8 Å². The molecule has 1 saturated heterocycles. The van der Waals surface area contributed by atoms with Gasteiger partial charge in [0.1, 0.15) is 11.9 Å². The number of methoxy groups -OCH3 is 1. The van der Waals surface area contributed by atoms with Crippen molar-refractivity contribution < 1.29 is 26.9 Å². The van der Waals surface area contributed by atoms with E-state index in [2.05, 4.69) is 22.5 Å². The number of likely N-dealkylation sites (tertiary alicyclic amines) is 1. The third-order valence-corrected chi connectivity index (χ3v) is 9.11. The molecule has 2 N–H and O–H groups in total. The topological polar surface area (TPSA) is 53.6 Å². The Balaban J connectivity index is 1.66. The predicted molar refractivity (Wildman–Crippen MR) is 160 cm³/mol. The number of nitrogens with zero attached hydrogens (tertiary/aromatic N) is 1. The summed E-state index contributed by atoms with van der Waals surface area (Å²) in [5, 5.41) is 7.69. The Kier molecular flexibility index (Phi) is 10.2. The lowest BCUT2D eigenvalue weighted by atomic mass is 10.0. The average molecular weight is 608 g/mol. The van der Waals surface area contributed by atoms with Crippen molar-refractivity contribution in [1.29, 1.82) is 0 Å². The predicted octanol–water partition coefficient (Wildman–Crippen LogP) is 6.97. The molecule has 2 heterocycles. The third kappa shape index (κ3) is 7.14. The summed E-state index contributed by atoms with van der Waals surface area (Å²) in [6, 6.07) is 6.62. The molecule has 0 spiro atoms. The molecule has 11 heteroatoms. The molecule has 2 unspecified atom stereocenters. The second-order valence-corrected chi connectivity index (χ2v) is 11.8. The van der Waals surface area contributed by atoms with Crippen LogP contribution in [0.4, 0.5) is 28.9 Å². The van der Waals surface area contributed by atoms with E-state index in [0.717, 1.165) is 23.4 Å². The fourth-order valence-corrected chi connectivity index (χ4v) is 7.04. The number of halogens is 4. The van der Waals surface area contributed by atoms with Crippen molar-refractivity contribution in [2.75, 3.05) is 44.4 Å².